The highest BCUT2D eigenvalue weighted by Crippen LogP contribution is 2.31. The summed E-state index contributed by atoms with van der Waals surface area (Å²) < 4.78 is 1.01. The summed E-state index contributed by atoms with van der Waals surface area (Å²) in [7, 11) is 0. The third-order valence-electron chi connectivity index (χ3n) is 6.09. The van der Waals surface area contributed by atoms with Gasteiger partial charge in [-0.3, -0.25) is 19.7 Å². The molecule has 1 aliphatic rings. The van der Waals surface area contributed by atoms with Crippen molar-refractivity contribution >= 4 is 46.0 Å². The van der Waals surface area contributed by atoms with Crippen molar-refractivity contribution in [2.45, 2.75) is 58.0 Å². The first-order valence-corrected chi connectivity index (χ1v) is 11.9. The molecule has 1 saturated heterocycles. The Kier molecular flexibility index (Phi) is 6.81. The summed E-state index contributed by atoms with van der Waals surface area (Å²) in [5.74, 6) is -0.964. The number of imide groups is 1. The lowest BCUT2D eigenvalue weighted by Crippen LogP contribution is -2.45. The summed E-state index contributed by atoms with van der Waals surface area (Å²) >= 11 is 6.32. The van der Waals surface area contributed by atoms with Crippen LogP contribution in [0.15, 0.2) is 41.2 Å². The largest absolute Gasteiger partial charge is 0.331 e. The lowest BCUT2D eigenvalue weighted by molar-refractivity contribution is -0.136. The number of hydrogen-bond donors (Lipinski definition) is 3. The van der Waals surface area contributed by atoms with Gasteiger partial charge >= 0.3 is 6.03 Å². The lowest BCUT2D eigenvalue weighted by atomic mass is 9.87. The second-order valence-corrected chi connectivity index (χ2v) is 10.3. The first-order chi connectivity index (χ1) is 16.9. The molecule has 3 aromatic rings. The maximum Gasteiger partial charge on any atom is 0.319 e. The quantitative estimate of drug-likeness (QED) is 0.459. The van der Waals surface area contributed by atoms with Crippen LogP contribution in [-0.2, 0) is 15.0 Å². The van der Waals surface area contributed by atoms with Crippen molar-refractivity contribution in [3.63, 3.8) is 0 Å². The van der Waals surface area contributed by atoms with E-state index in [1.165, 1.54) is 0 Å². The number of benzene rings is 2. The Hall–Kier alpha value is -3.79. The van der Waals surface area contributed by atoms with Crippen LogP contribution in [0.25, 0.3) is 10.9 Å². The molecule has 36 heavy (non-hydrogen) atoms. The lowest BCUT2D eigenvalue weighted by Gasteiger charge is -2.22. The molecule has 10 nitrogen and oxygen atoms in total. The molecule has 2 unspecified atom stereocenters. The van der Waals surface area contributed by atoms with Gasteiger partial charge in [-0.1, -0.05) is 43.7 Å². The van der Waals surface area contributed by atoms with Gasteiger partial charge in [0.15, 0.2) is 0 Å². The zero-order chi connectivity index (χ0) is 26.2. The molecule has 1 aromatic heterocycles. The highest BCUT2D eigenvalue weighted by atomic mass is 35.5. The number of carbonyl (C=O) groups excluding carboxylic acids is 3. The molecular formula is C25H27ClN6O4. The number of urea groups is 1. The van der Waals surface area contributed by atoms with E-state index >= 15 is 0 Å². The number of aromatic nitrogens is 3. The molecule has 4 amide bonds. The Morgan fingerprint density at radius 2 is 1.92 bits per heavy atom. The molecule has 0 saturated carbocycles. The number of amides is 4. The number of anilines is 1. The Morgan fingerprint density at radius 3 is 2.61 bits per heavy atom. The van der Waals surface area contributed by atoms with Crippen molar-refractivity contribution in [1.29, 1.82) is 0 Å². The molecule has 0 spiro atoms. The molecular weight excluding hydrogens is 484 g/mol. The summed E-state index contributed by atoms with van der Waals surface area (Å²) in [4.78, 5) is 49.5. The first-order valence-electron chi connectivity index (χ1n) is 11.5. The molecule has 0 bridgehead atoms. The number of rotatable bonds is 4. The van der Waals surface area contributed by atoms with Gasteiger partial charge in [-0.2, -0.15) is 4.68 Å². The third-order valence-corrected chi connectivity index (χ3v) is 6.42. The van der Waals surface area contributed by atoms with Crippen molar-refractivity contribution in [1.82, 2.24) is 25.6 Å². The van der Waals surface area contributed by atoms with Crippen molar-refractivity contribution < 1.29 is 14.4 Å². The predicted molar refractivity (Wildman–Crippen MR) is 136 cm³/mol. The standard InChI is InChI=1S/C25H27ClN6O4/c1-13(27-24(36)28-15-6-7-18(26)17(12-15)25(2,3)4)14-5-8-19-16(11-14)23(35)32(31-30-19)20-9-10-21(33)29-22(20)34/h5-8,11-13,20H,9-10H2,1-4H3,(H2,27,28,36)(H,29,33,34). The average molecular weight is 511 g/mol. The van der Waals surface area contributed by atoms with Crippen LogP contribution in [0.3, 0.4) is 0 Å². The molecule has 1 aliphatic heterocycles. The van der Waals surface area contributed by atoms with E-state index in [0.29, 0.717) is 21.8 Å². The van der Waals surface area contributed by atoms with E-state index in [9.17, 15) is 19.2 Å². The van der Waals surface area contributed by atoms with E-state index in [-0.39, 0.29) is 29.6 Å². The number of carbonyl (C=O) groups is 3. The minimum atomic E-state index is -0.908. The van der Waals surface area contributed by atoms with E-state index in [1.807, 2.05) is 26.8 Å². The van der Waals surface area contributed by atoms with Crippen molar-refractivity contribution in [2.24, 2.45) is 0 Å². The molecule has 0 radical (unpaired) electrons. The van der Waals surface area contributed by atoms with Crippen LogP contribution in [-0.4, -0.2) is 32.8 Å². The molecule has 3 N–H and O–H groups in total. The summed E-state index contributed by atoms with van der Waals surface area (Å²) in [6.07, 6.45) is 0.285. The summed E-state index contributed by atoms with van der Waals surface area (Å²) in [5.41, 5.74) is 1.87. The molecule has 2 aromatic carbocycles. The van der Waals surface area contributed by atoms with Gasteiger partial charge in [0.2, 0.25) is 5.91 Å². The molecule has 11 heteroatoms. The number of fused-ring (bicyclic) bond motifs is 1. The minimum Gasteiger partial charge on any atom is -0.331 e. The first kappa shape index (κ1) is 25.3. The Bertz CT molecular complexity index is 1430. The van der Waals surface area contributed by atoms with Gasteiger partial charge in [0.1, 0.15) is 11.6 Å². The van der Waals surface area contributed by atoms with Gasteiger partial charge in [0, 0.05) is 17.1 Å². The highest BCUT2D eigenvalue weighted by molar-refractivity contribution is 6.31. The molecule has 4 rings (SSSR count). The van der Waals surface area contributed by atoms with Crippen LogP contribution in [0.1, 0.15) is 63.7 Å². The zero-order valence-corrected chi connectivity index (χ0v) is 21.1. The van der Waals surface area contributed by atoms with E-state index < -0.39 is 29.6 Å². The maximum absolute atomic E-state index is 13.1. The van der Waals surface area contributed by atoms with Crippen LogP contribution in [0, 0.1) is 0 Å². The summed E-state index contributed by atoms with van der Waals surface area (Å²) in [5, 5.41) is 16.8. The SMILES string of the molecule is CC(NC(=O)Nc1ccc(Cl)c(C(C)(C)C)c1)c1ccc2nnn(C3CCC(=O)NC3=O)c(=O)c2c1. The Labute approximate surface area is 212 Å². The molecule has 188 valence electrons. The fraction of sp³-hybridized carbons (Fsp3) is 0.360. The molecule has 2 heterocycles. The van der Waals surface area contributed by atoms with Crippen LogP contribution < -0.4 is 21.5 Å². The van der Waals surface area contributed by atoms with Crippen LogP contribution >= 0.6 is 11.6 Å². The van der Waals surface area contributed by atoms with Gasteiger partial charge in [0.25, 0.3) is 11.5 Å². The van der Waals surface area contributed by atoms with E-state index in [1.54, 1.807) is 37.3 Å². The van der Waals surface area contributed by atoms with Gasteiger partial charge in [0.05, 0.1) is 11.4 Å². The third kappa shape index (κ3) is 5.23. The van der Waals surface area contributed by atoms with E-state index in [2.05, 4.69) is 26.3 Å². The van der Waals surface area contributed by atoms with E-state index in [4.69, 9.17) is 11.6 Å². The van der Waals surface area contributed by atoms with Crippen LogP contribution in [0.5, 0.6) is 0 Å². The van der Waals surface area contributed by atoms with Crippen molar-refractivity contribution in [3.8, 4) is 0 Å². The molecule has 0 aliphatic carbocycles. The average Bonchev–Trinajstić information content (AvgIpc) is 2.80. The fourth-order valence-corrected chi connectivity index (χ4v) is 4.49. The van der Waals surface area contributed by atoms with Crippen molar-refractivity contribution in [2.75, 3.05) is 5.32 Å². The summed E-state index contributed by atoms with van der Waals surface area (Å²) in [6.45, 7) is 7.91. The summed E-state index contributed by atoms with van der Waals surface area (Å²) in [6, 6.07) is 8.57. The second kappa shape index (κ2) is 9.69. The smallest absolute Gasteiger partial charge is 0.319 e. The van der Waals surface area contributed by atoms with E-state index in [0.717, 1.165) is 10.2 Å². The molecule has 2 atom stereocenters. The van der Waals surface area contributed by atoms with Gasteiger partial charge in [-0.25, -0.2) is 4.79 Å². The van der Waals surface area contributed by atoms with Crippen LogP contribution in [0.2, 0.25) is 5.02 Å². The Morgan fingerprint density at radius 1 is 1.17 bits per heavy atom. The number of halogens is 1. The van der Waals surface area contributed by atoms with Gasteiger partial charge < -0.3 is 10.6 Å². The number of nitrogens with zero attached hydrogens (tertiary/aromatic N) is 3. The Balaban J connectivity index is 1.53. The second-order valence-electron chi connectivity index (χ2n) is 9.85. The highest BCUT2D eigenvalue weighted by Gasteiger charge is 2.30. The predicted octanol–water partition coefficient (Wildman–Crippen LogP) is 3.60. The maximum atomic E-state index is 13.1. The van der Waals surface area contributed by atoms with Crippen LogP contribution in [0.4, 0.5) is 10.5 Å². The van der Waals surface area contributed by atoms with Gasteiger partial charge in [-0.15, -0.1) is 5.10 Å². The number of nitrogens with one attached hydrogen (secondary N) is 3. The molecule has 1 fully saturated rings. The number of hydrogen-bond acceptors (Lipinski definition) is 6. The monoisotopic (exact) mass is 510 g/mol. The van der Waals surface area contributed by atoms with Gasteiger partial charge in [-0.05, 0) is 60.2 Å². The van der Waals surface area contributed by atoms with Crippen molar-refractivity contribution in [3.05, 3.63) is 62.9 Å². The number of piperidine rings is 1. The zero-order valence-electron chi connectivity index (χ0n) is 20.4. The minimum absolute atomic E-state index is 0.115. The fourth-order valence-electron chi connectivity index (χ4n) is 4.09. The normalized spacial score (nSPS) is 17.0. The topological polar surface area (TPSA) is 135 Å².